The van der Waals surface area contributed by atoms with Crippen molar-refractivity contribution in [3.63, 3.8) is 0 Å². The predicted octanol–water partition coefficient (Wildman–Crippen LogP) is 1.18. The van der Waals surface area contributed by atoms with Gasteiger partial charge in [-0.3, -0.25) is 10.1 Å². The summed E-state index contributed by atoms with van der Waals surface area (Å²) in [6, 6.07) is 6.80. The maximum absolute atomic E-state index is 11.6. The van der Waals surface area contributed by atoms with Crippen LogP contribution in [0.25, 0.3) is 0 Å². The number of hydrogen-bond donors (Lipinski definition) is 1. The summed E-state index contributed by atoms with van der Waals surface area (Å²) >= 11 is 0. The van der Waals surface area contributed by atoms with Crippen molar-refractivity contribution in [2.45, 2.75) is 12.5 Å². The third-order valence-corrected chi connectivity index (χ3v) is 2.59. The summed E-state index contributed by atoms with van der Waals surface area (Å²) in [6.07, 6.45) is -0.719. The first-order valence-corrected chi connectivity index (χ1v) is 4.75. The number of hydrogen-bond acceptors (Lipinski definition) is 4. The molecule has 84 valence electrons. The Morgan fingerprint density at radius 1 is 1.25 bits per heavy atom. The van der Waals surface area contributed by atoms with Crippen LogP contribution in [0.2, 0.25) is 0 Å². The molecule has 2 rings (SSSR count). The van der Waals surface area contributed by atoms with Crippen molar-refractivity contribution in [3.05, 3.63) is 29.8 Å². The molecule has 0 aromatic heterocycles. The van der Waals surface area contributed by atoms with E-state index in [2.05, 4.69) is 5.32 Å². The lowest BCUT2D eigenvalue weighted by Gasteiger charge is -2.19. The monoisotopic (exact) mass is 221 g/mol. The fourth-order valence-electron chi connectivity index (χ4n) is 1.57. The molecule has 5 nitrogen and oxygen atoms in total. The molecule has 0 spiro atoms. The molecule has 1 aromatic carbocycles. The van der Waals surface area contributed by atoms with E-state index < -0.39 is 17.6 Å². The van der Waals surface area contributed by atoms with Gasteiger partial charge in [0.25, 0.3) is 5.91 Å². The van der Waals surface area contributed by atoms with Gasteiger partial charge in [-0.1, -0.05) is 12.1 Å². The third kappa shape index (κ3) is 1.50. The van der Waals surface area contributed by atoms with Gasteiger partial charge in [0.2, 0.25) is 5.60 Å². The first-order valence-electron chi connectivity index (χ1n) is 4.75. The fraction of sp³-hybridized carbons (Fsp3) is 0.273. The molecule has 1 aliphatic heterocycles. The van der Waals surface area contributed by atoms with E-state index in [1.54, 1.807) is 38.3 Å². The SMILES string of the molecule is COc1ccc(C2(C)OC(=O)NC2=O)cc1. The molecule has 0 saturated carbocycles. The number of methoxy groups -OCH3 is 1. The molecule has 1 saturated heterocycles. The minimum Gasteiger partial charge on any atom is -0.497 e. The van der Waals surface area contributed by atoms with E-state index in [1.807, 2.05) is 0 Å². The quantitative estimate of drug-likeness (QED) is 0.814. The standard InChI is InChI=1S/C11H11NO4/c1-11(9(13)12-10(14)16-11)7-3-5-8(15-2)6-4-7/h3-6H,1-2H3,(H,12,13,14). The van der Waals surface area contributed by atoms with Crippen LogP contribution in [0, 0.1) is 0 Å². The van der Waals surface area contributed by atoms with Crippen molar-refractivity contribution >= 4 is 12.0 Å². The Balaban J connectivity index is 2.36. The highest BCUT2D eigenvalue weighted by atomic mass is 16.6. The normalized spacial score (nSPS) is 23.9. The first-order chi connectivity index (χ1) is 7.56. The van der Waals surface area contributed by atoms with Crippen molar-refractivity contribution in [2.75, 3.05) is 7.11 Å². The molecule has 5 heteroatoms. The van der Waals surface area contributed by atoms with E-state index in [4.69, 9.17) is 9.47 Å². The van der Waals surface area contributed by atoms with Crippen LogP contribution in [0.1, 0.15) is 12.5 Å². The van der Waals surface area contributed by atoms with Crippen molar-refractivity contribution in [3.8, 4) is 5.75 Å². The lowest BCUT2D eigenvalue weighted by Crippen LogP contribution is -2.33. The Morgan fingerprint density at radius 3 is 2.31 bits per heavy atom. The minimum absolute atomic E-state index is 0.456. The average molecular weight is 221 g/mol. The van der Waals surface area contributed by atoms with Gasteiger partial charge in [0.15, 0.2) is 0 Å². The van der Waals surface area contributed by atoms with Gasteiger partial charge >= 0.3 is 6.09 Å². The second kappa shape index (κ2) is 3.52. The molecule has 0 aliphatic carbocycles. The van der Waals surface area contributed by atoms with E-state index in [9.17, 15) is 9.59 Å². The summed E-state index contributed by atoms with van der Waals surface area (Å²) in [5.74, 6) is 0.222. The molecule has 1 N–H and O–H groups in total. The fourth-order valence-corrected chi connectivity index (χ4v) is 1.57. The number of cyclic esters (lactones) is 1. The molecule has 0 bridgehead atoms. The van der Waals surface area contributed by atoms with Gasteiger partial charge in [-0.2, -0.15) is 0 Å². The number of carbonyl (C=O) groups is 2. The Bertz CT molecular complexity index is 440. The van der Waals surface area contributed by atoms with Crippen LogP contribution in [0.5, 0.6) is 5.75 Å². The summed E-state index contributed by atoms with van der Waals surface area (Å²) in [5.41, 5.74) is -0.639. The Kier molecular flexibility index (Phi) is 2.30. The van der Waals surface area contributed by atoms with Gasteiger partial charge < -0.3 is 9.47 Å². The second-order valence-corrected chi connectivity index (χ2v) is 3.61. The summed E-state index contributed by atoms with van der Waals surface area (Å²) < 4.78 is 9.98. The van der Waals surface area contributed by atoms with Crippen LogP contribution >= 0.6 is 0 Å². The van der Waals surface area contributed by atoms with Crippen molar-refractivity contribution < 1.29 is 19.1 Å². The van der Waals surface area contributed by atoms with E-state index in [0.717, 1.165) is 0 Å². The van der Waals surface area contributed by atoms with Crippen molar-refractivity contribution in [2.24, 2.45) is 0 Å². The first kappa shape index (κ1) is 10.5. The van der Waals surface area contributed by atoms with Crippen LogP contribution in [0.15, 0.2) is 24.3 Å². The van der Waals surface area contributed by atoms with Crippen LogP contribution in [0.4, 0.5) is 4.79 Å². The maximum Gasteiger partial charge on any atom is 0.415 e. The number of imide groups is 1. The topological polar surface area (TPSA) is 64.6 Å². The van der Waals surface area contributed by atoms with E-state index in [-0.39, 0.29) is 0 Å². The smallest absolute Gasteiger partial charge is 0.415 e. The highest BCUT2D eigenvalue weighted by Gasteiger charge is 2.46. The van der Waals surface area contributed by atoms with Crippen LogP contribution in [-0.4, -0.2) is 19.1 Å². The maximum atomic E-state index is 11.6. The molecule has 16 heavy (non-hydrogen) atoms. The summed E-state index contributed by atoms with van der Waals surface area (Å²) in [6.45, 7) is 1.55. The number of nitrogens with one attached hydrogen (secondary N) is 1. The molecular formula is C11H11NO4. The van der Waals surface area contributed by atoms with E-state index in [1.165, 1.54) is 0 Å². The van der Waals surface area contributed by atoms with Crippen LogP contribution in [0.3, 0.4) is 0 Å². The average Bonchev–Trinajstić information content (AvgIpc) is 2.54. The van der Waals surface area contributed by atoms with Gasteiger partial charge in [-0.05, 0) is 19.1 Å². The highest BCUT2D eigenvalue weighted by Crippen LogP contribution is 2.30. The number of alkyl carbamates (subject to hydrolysis) is 1. The zero-order valence-corrected chi connectivity index (χ0v) is 8.94. The predicted molar refractivity (Wildman–Crippen MR) is 55.0 cm³/mol. The summed E-state index contributed by atoms with van der Waals surface area (Å²) in [4.78, 5) is 22.6. The van der Waals surface area contributed by atoms with E-state index in [0.29, 0.717) is 11.3 Å². The number of benzene rings is 1. The molecule has 2 amide bonds. The molecule has 1 fully saturated rings. The molecule has 1 unspecified atom stereocenters. The van der Waals surface area contributed by atoms with Crippen LogP contribution in [-0.2, 0) is 15.1 Å². The number of amides is 2. The molecule has 1 aromatic rings. The summed E-state index contributed by atoms with van der Waals surface area (Å²) in [7, 11) is 1.55. The number of ether oxygens (including phenoxy) is 2. The molecular weight excluding hydrogens is 210 g/mol. The van der Waals surface area contributed by atoms with Crippen molar-refractivity contribution in [1.29, 1.82) is 0 Å². The van der Waals surface area contributed by atoms with Gasteiger partial charge in [-0.15, -0.1) is 0 Å². The molecule has 0 radical (unpaired) electrons. The molecule has 1 heterocycles. The Hall–Kier alpha value is -2.04. The Labute approximate surface area is 92.4 Å². The Morgan fingerprint density at radius 2 is 1.88 bits per heavy atom. The zero-order chi connectivity index (χ0) is 11.8. The van der Waals surface area contributed by atoms with Crippen molar-refractivity contribution in [1.82, 2.24) is 5.32 Å². The molecule has 1 aliphatic rings. The van der Waals surface area contributed by atoms with Crippen LogP contribution < -0.4 is 10.1 Å². The largest absolute Gasteiger partial charge is 0.497 e. The van der Waals surface area contributed by atoms with Gasteiger partial charge in [0.05, 0.1) is 7.11 Å². The summed E-state index contributed by atoms with van der Waals surface area (Å²) in [5, 5.41) is 2.10. The lowest BCUT2D eigenvalue weighted by molar-refractivity contribution is -0.130. The second-order valence-electron chi connectivity index (χ2n) is 3.61. The zero-order valence-electron chi connectivity index (χ0n) is 8.94. The van der Waals surface area contributed by atoms with E-state index >= 15 is 0 Å². The minimum atomic E-state index is -1.25. The van der Waals surface area contributed by atoms with Gasteiger partial charge in [-0.25, -0.2) is 4.79 Å². The number of rotatable bonds is 2. The molecule has 1 atom stereocenters. The third-order valence-electron chi connectivity index (χ3n) is 2.59. The lowest BCUT2D eigenvalue weighted by atomic mass is 9.95. The number of carbonyl (C=O) groups excluding carboxylic acids is 2. The van der Waals surface area contributed by atoms with Gasteiger partial charge in [0.1, 0.15) is 5.75 Å². The van der Waals surface area contributed by atoms with Gasteiger partial charge in [0, 0.05) is 5.56 Å². The highest BCUT2D eigenvalue weighted by molar-refractivity contribution is 6.03.